The van der Waals surface area contributed by atoms with E-state index in [0.29, 0.717) is 5.88 Å². The van der Waals surface area contributed by atoms with E-state index in [9.17, 15) is 4.79 Å². The Balaban J connectivity index is 1.54. The quantitative estimate of drug-likeness (QED) is 0.514. The Morgan fingerprint density at radius 2 is 1.71 bits per heavy atom. The molecule has 31 heavy (non-hydrogen) atoms. The van der Waals surface area contributed by atoms with Crippen molar-refractivity contribution < 1.29 is 9.53 Å². The lowest BCUT2D eigenvalue weighted by atomic mass is 9.98. The summed E-state index contributed by atoms with van der Waals surface area (Å²) in [6.45, 7) is 5.86. The summed E-state index contributed by atoms with van der Waals surface area (Å²) in [5, 5.41) is 8.36. The van der Waals surface area contributed by atoms with Crippen molar-refractivity contribution in [2.75, 3.05) is 6.61 Å². The number of ether oxygens (including phenoxy) is 1. The number of hydrogen-bond donors (Lipinski definition) is 1. The van der Waals surface area contributed by atoms with E-state index in [1.54, 1.807) is 4.68 Å². The summed E-state index contributed by atoms with van der Waals surface area (Å²) in [7, 11) is 1.82. The number of nitrogens with zero attached hydrogens (tertiary/aromatic N) is 3. The average Bonchev–Trinajstić information content (AvgIpc) is 3.07. The van der Waals surface area contributed by atoms with Crippen molar-refractivity contribution in [1.29, 1.82) is 0 Å². The highest BCUT2D eigenvalue weighted by Gasteiger charge is 2.19. The molecule has 0 aliphatic heterocycles. The van der Waals surface area contributed by atoms with Crippen LogP contribution in [0, 0.1) is 20.8 Å². The molecule has 0 bridgehead atoms. The summed E-state index contributed by atoms with van der Waals surface area (Å²) >= 11 is 0. The minimum Gasteiger partial charge on any atom is -0.466 e. The van der Waals surface area contributed by atoms with E-state index >= 15 is 0 Å². The summed E-state index contributed by atoms with van der Waals surface area (Å²) in [6.07, 6.45) is 0. The van der Waals surface area contributed by atoms with Gasteiger partial charge in [0, 0.05) is 12.7 Å². The molecule has 1 atom stereocenters. The minimum atomic E-state index is -0.260. The van der Waals surface area contributed by atoms with Crippen LogP contribution in [0.2, 0.25) is 0 Å². The van der Waals surface area contributed by atoms with Gasteiger partial charge in [0.15, 0.2) is 12.3 Å². The lowest BCUT2D eigenvalue weighted by molar-refractivity contribution is -0.123. The molecule has 0 aliphatic rings. The van der Waals surface area contributed by atoms with Gasteiger partial charge >= 0.3 is 0 Å². The maximum atomic E-state index is 12.8. The standard InChI is InChI=1S/C25H26N4O2/c1-16-10-12-20(13-11-16)23(19-8-6-5-7-9-19)27-21(30)15-31-25-22-17(2)14-18(3)26-24(22)29(4)28-25/h5-14,23H,15H2,1-4H3,(H,27,30). The van der Waals surface area contributed by atoms with Crippen LogP contribution in [0.4, 0.5) is 0 Å². The molecule has 0 fully saturated rings. The van der Waals surface area contributed by atoms with Crippen molar-refractivity contribution in [1.82, 2.24) is 20.1 Å². The molecule has 6 nitrogen and oxygen atoms in total. The summed E-state index contributed by atoms with van der Waals surface area (Å²) in [5.74, 6) is 0.204. The van der Waals surface area contributed by atoms with Gasteiger partial charge in [-0.15, -0.1) is 5.10 Å². The molecule has 0 aliphatic carbocycles. The van der Waals surface area contributed by atoms with E-state index in [1.165, 1.54) is 5.56 Å². The zero-order chi connectivity index (χ0) is 22.0. The third kappa shape index (κ3) is 4.43. The van der Waals surface area contributed by atoms with Gasteiger partial charge in [0.2, 0.25) is 5.88 Å². The molecule has 2 heterocycles. The number of pyridine rings is 1. The van der Waals surface area contributed by atoms with Crippen LogP contribution in [0.1, 0.15) is 34.0 Å². The zero-order valence-electron chi connectivity index (χ0n) is 18.2. The van der Waals surface area contributed by atoms with Gasteiger partial charge < -0.3 is 10.1 Å². The Kier molecular flexibility index (Phi) is 5.71. The highest BCUT2D eigenvalue weighted by atomic mass is 16.5. The number of hydrogen-bond acceptors (Lipinski definition) is 4. The van der Waals surface area contributed by atoms with Gasteiger partial charge in [-0.3, -0.25) is 4.79 Å². The maximum absolute atomic E-state index is 12.8. The average molecular weight is 415 g/mol. The molecular weight excluding hydrogens is 388 g/mol. The molecule has 0 radical (unpaired) electrons. The molecule has 0 spiro atoms. The Morgan fingerprint density at radius 3 is 2.42 bits per heavy atom. The molecule has 1 unspecified atom stereocenters. The monoisotopic (exact) mass is 414 g/mol. The van der Waals surface area contributed by atoms with Crippen LogP contribution in [-0.2, 0) is 11.8 Å². The van der Waals surface area contributed by atoms with E-state index in [4.69, 9.17) is 4.74 Å². The fourth-order valence-corrected chi connectivity index (χ4v) is 3.75. The van der Waals surface area contributed by atoms with Crippen LogP contribution in [0.3, 0.4) is 0 Å². The third-order valence-electron chi connectivity index (χ3n) is 5.28. The molecule has 2 aromatic heterocycles. The molecule has 1 N–H and O–H groups in total. The van der Waals surface area contributed by atoms with Gasteiger partial charge in [-0.05, 0) is 43.5 Å². The minimum absolute atomic E-state index is 0.130. The SMILES string of the molecule is Cc1ccc(C(NC(=O)COc2nn(C)c3nc(C)cc(C)c23)c2ccccc2)cc1. The topological polar surface area (TPSA) is 69.0 Å². The highest BCUT2D eigenvalue weighted by Crippen LogP contribution is 2.27. The van der Waals surface area contributed by atoms with Gasteiger partial charge in [0.25, 0.3) is 5.91 Å². The first kappa shape index (κ1) is 20.6. The normalized spacial score (nSPS) is 12.0. The number of aromatic nitrogens is 3. The molecule has 4 aromatic rings. The zero-order valence-corrected chi connectivity index (χ0v) is 18.2. The molecule has 2 aromatic carbocycles. The Hall–Kier alpha value is -3.67. The second-order valence-corrected chi connectivity index (χ2v) is 7.82. The lowest BCUT2D eigenvalue weighted by Crippen LogP contribution is -2.33. The van der Waals surface area contributed by atoms with E-state index in [-0.39, 0.29) is 18.6 Å². The number of carbonyl (C=O) groups is 1. The maximum Gasteiger partial charge on any atom is 0.258 e. The highest BCUT2D eigenvalue weighted by molar-refractivity contribution is 5.86. The molecule has 158 valence electrons. The Morgan fingerprint density at radius 1 is 1.03 bits per heavy atom. The van der Waals surface area contributed by atoms with E-state index < -0.39 is 0 Å². The number of fused-ring (bicyclic) bond motifs is 1. The van der Waals surface area contributed by atoms with Crippen molar-refractivity contribution in [3.8, 4) is 5.88 Å². The van der Waals surface area contributed by atoms with E-state index in [1.807, 2.05) is 88.5 Å². The van der Waals surface area contributed by atoms with Crippen LogP contribution >= 0.6 is 0 Å². The third-order valence-corrected chi connectivity index (χ3v) is 5.28. The van der Waals surface area contributed by atoms with Crippen LogP contribution < -0.4 is 10.1 Å². The lowest BCUT2D eigenvalue weighted by Gasteiger charge is -2.20. The van der Waals surface area contributed by atoms with Crippen molar-refractivity contribution in [3.63, 3.8) is 0 Å². The summed E-state index contributed by atoms with van der Waals surface area (Å²) in [4.78, 5) is 17.4. The predicted molar refractivity (Wildman–Crippen MR) is 121 cm³/mol. The smallest absolute Gasteiger partial charge is 0.258 e. The molecule has 0 saturated heterocycles. The molecule has 4 rings (SSSR count). The van der Waals surface area contributed by atoms with E-state index in [2.05, 4.69) is 15.4 Å². The Labute approximate surface area is 181 Å². The van der Waals surface area contributed by atoms with Crippen LogP contribution in [-0.4, -0.2) is 27.3 Å². The fraction of sp³-hybridized carbons (Fsp3) is 0.240. The second kappa shape index (κ2) is 8.60. The summed E-state index contributed by atoms with van der Waals surface area (Å²) < 4.78 is 7.51. The first-order valence-corrected chi connectivity index (χ1v) is 10.3. The largest absolute Gasteiger partial charge is 0.466 e. The summed E-state index contributed by atoms with van der Waals surface area (Å²) in [6, 6.07) is 19.8. The van der Waals surface area contributed by atoms with E-state index in [0.717, 1.165) is 33.4 Å². The second-order valence-electron chi connectivity index (χ2n) is 7.82. The first-order chi connectivity index (χ1) is 14.9. The van der Waals surface area contributed by atoms with Gasteiger partial charge in [-0.2, -0.15) is 0 Å². The number of nitrogens with one attached hydrogen (secondary N) is 1. The molecule has 1 amide bonds. The van der Waals surface area contributed by atoms with Crippen LogP contribution in [0.25, 0.3) is 11.0 Å². The number of carbonyl (C=O) groups excluding carboxylic acids is 1. The molecule has 0 saturated carbocycles. The van der Waals surface area contributed by atoms with Gasteiger partial charge in [0.05, 0.1) is 11.4 Å². The van der Waals surface area contributed by atoms with Crippen molar-refractivity contribution >= 4 is 16.9 Å². The van der Waals surface area contributed by atoms with Crippen LogP contribution in [0.5, 0.6) is 5.88 Å². The molecule has 6 heteroatoms. The van der Waals surface area contributed by atoms with Crippen molar-refractivity contribution in [2.24, 2.45) is 7.05 Å². The van der Waals surface area contributed by atoms with Crippen LogP contribution in [0.15, 0.2) is 60.7 Å². The Bertz CT molecular complexity index is 1210. The van der Waals surface area contributed by atoms with Crippen molar-refractivity contribution in [2.45, 2.75) is 26.8 Å². The van der Waals surface area contributed by atoms with Crippen molar-refractivity contribution in [3.05, 3.63) is 88.6 Å². The number of aryl methyl sites for hydroxylation is 4. The number of benzene rings is 2. The van der Waals surface area contributed by atoms with Gasteiger partial charge in [-0.1, -0.05) is 60.2 Å². The predicted octanol–water partition coefficient (Wildman–Crippen LogP) is 4.18. The summed E-state index contributed by atoms with van der Waals surface area (Å²) in [5.41, 5.74) is 5.89. The first-order valence-electron chi connectivity index (χ1n) is 10.3. The number of amides is 1. The number of rotatable bonds is 6. The van der Waals surface area contributed by atoms with Gasteiger partial charge in [-0.25, -0.2) is 9.67 Å². The van der Waals surface area contributed by atoms with Gasteiger partial charge in [0.1, 0.15) is 0 Å². The molecular formula is C25H26N4O2. The fourth-order valence-electron chi connectivity index (χ4n) is 3.75.